The minimum absolute atomic E-state index is 0.176. The van der Waals surface area contributed by atoms with Crippen LogP contribution in [0.5, 0.6) is 23.0 Å². The molecule has 7 heteroatoms. The molecule has 1 N–H and O–H groups in total. The van der Waals surface area contributed by atoms with Gasteiger partial charge in [0.25, 0.3) is 0 Å². The van der Waals surface area contributed by atoms with Gasteiger partial charge in [0, 0.05) is 13.6 Å². The summed E-state index contributed by atoms with van der Waals surface area (Å²) in [7, 11) is 1.73. The van der Waals surface area contributed by atoms with Crippen LogP contribution < -0.4 is 24.3 Å². The van der Waals surface area contributed by atoms with Gasteiger partial charge in [-0.25, -0.2) is 4.79 Å². The van der Waals surface area contributed by atoms with E-state index in [9.17, 15) is 4.79 Å². The monoisotopic (exact) mass is 356 g/mol. The Morgan fingerprint density at radius 1 is 1.08 bits per heavy atom. The highest BCUT2D eigenvalue weighted by Gasteiger charge is 2.23. The number of rotatable bonds is 4. The highest BCUT2D eigenvalue weighted by Crippen LogP contribution is 2.32. The lowest BCUT2D eigenvalue weighted by Gasteiger charge is -2.29. The maximum Gasteiger partial charge on any atom is 0.317 e. The highest BCUT2D eigenvalue weighted by atomic mass is 16.7. The van der Waals surface area contributed by atoms with E-state index in [-0.39, 0.29) is 18.9 Å². The van der Waals surface area contributed by atoms with Crippen molar-refractivity contribution < 1.29 is 23.7 Å². The number of ether oxygens (including phenoxy) is 4. The number of urea groups is 1. The Kier molecular flexibility index (Phi) is 4.43. The predicted octanol–water partition coefficient (Wildman–Crippen LogP) is 2.40. The van der Waals surface area contributed by atoms with Gasteiger partial charge in [0.1, 0.15) is 6.61 Å². The maximum atomic E-state index is 12.3. The molecule has 2 aromatic carbocycles. The second kappa shape index (κ2) is 7.03. The molecule has 2 aliphatic heterocycles. The van der Waals surface area contributed by atoms with Crippen molar-refractivity contribution in [2.24, 2.45) is 0 Å². The Bertz CT molecular complexity index is 810. The number of benzene rings is 2. The summed E-state index contributed by atoms with van der Waals surface area (Å²) >= 11 is 0. The predicted molar refractivity (Wildman–Crippen MR) is 93.8 cm³/mol. The van der Waals surface area contributed by atoms with E-state index in [0.29, 0.717) is 31.2 Å². The third kappa shape index (κ3) is 3.46. The van der Waals surface area contributed by atoms with E-state index in [1.54, 1.807) is 11.9 Å². The first kappa shape index (κ1) is 16.4. The topological polar surface area (TPSA) is 69.3 Å². The minimum atomic E-state index is -0.203. The van der Waals surface area contributed by atoms with Crippen LogP contribution in [0.25, 0.3) is 0 Å². The van der Waals surface area contributed by atoms with Crippen LogP contribution >= 0.6 is 0 Å². The third-order valence-electron chi connectivity index (χ3n) is 4.27. The summed E-state index contributed by atoms with van der Waals surface area (Å²) < 4.78 is 22.2. The Labute approximate surface area is 151 Å². The molecule has 1 atom stereocenters. The van der Waals surface area contributed by atoms with Gasteiger partial charge < -0.3 is 29.2 Å². The molecule has 26 heavy (non-hydrogen) atoms. The van der Waals surface area contributed by atoms with Crippen molar-refractivity contribution in [1.82, 2.24) is 10.2 Å². The Balaban J connectivity index is 1.28. The Morgan fingerprint density at radius 2 is 1.85 bits per heavy atom. The Morgan fingerprint density at radius 3 is 2.73 bits per heavy atom. The van der Waals surface area contributed by atoms with Gasteiger partial charge in [0.2, 0.25) is 6.79 Å². The zero-order chi connectivity index (χ0) is 17.9. The quantitative estimate of drug-likeness (QED) is 0.911. The molecule has 0 spiro atoms. The zero-order valence-corrected chi connectivity index (χ0v) is 14.4. The van der Waals surface area contributed by atoms with Gasteiger partial charge in [-0.1, -0.05) is 18.2 Å². The summed E-state index contributed by atoms with van der Waals surface area (Å²) in [6.07, 6.45) is -0.203. The summed E-state index contributed by atoms with van der Waals surface area (Å²) in [5.41, 5.74) is 0.946. The molecule has 0 bridgehead atoms. The van der Waals surface area contributed by atoms with Gasteiger partial charge in [-0.3, -0.25) is 0 Å². The van der Waals surface area contributed by atoms with Crippen LogP contribution in [0.4, 0.5) is 4.79 Å². The summed E-state index contributed by atoms with van der Waals surface area (Å²) in [5, 5.41) is 2.89. The van der Waals surface area contributed by atoms with Crippen LogP contribution in [0.1, 0.15) is 5.56 Å². The molecule has 2 aliphatic rings. The fourth-order valence-electron chi connectivity index (χ4n) is 2.90. The molecule has 0 unspecified atom stereocenters. The first-order chi connectivity index (χ1) is 12.7. The number of likely N-dealkylation sites (N-methyl/N-ethyl adjacent to an activating group) is 1. The van der Waals surface area contributed by atoms with E-state index in [2.05, 4.69) is 5.32 Å². The first-order valence-corrected chi connectivity index (χ1v) is 8.45. The van der Waals surface area contributed by atoms with Crippen LogP contribution in [-0.4, -0.2) is 44.0 Å². The van der Waals surface area contributed by atoms with Crippen LogP contribution in [0, 0.1) is 0 Å². The van der Waals surface area contributed by atoms with Gasteiger partial charge in [0.15, 0.2) is 29.1 Å². The molecule has 0 radical (unpaired) electrons. The van der Waals surface area contributed by atoms with E-state index in [1.807, 2.05) is 42.5 Å². The van der Waals surface area contributed by atoms with Gasteiger partial charge in [-0.15, -0.1) is 0 Å². The molecule has 7 nitrogen and oxygen atoms in total. The summed E-state index contributed by atoms with van der Waals surface area (Å²) in [6.45, 7) is 1.49. The number of nitrogens with one attached hydrogen (secondary N) is 1. The average Bonchev–Trinajstić information content (AvgIpc) is 3.13. The lowest BCUT2D eigenvalue weighted by atomic mass is 10.2. The van der Waals surface area contributed by atoms with Crippen molar-refractivity contribution in [3.05, 3.63) is 48.0 Å². The van der Waals surface area contributed by atoms with Crippen molar-refractivity contribution >= 4 is 6.03 Å². The molecule has 2 heterocycles. The van der Waals surface area contributed by atoms with E-state index < -0.39 is 0 Å². The van der Waals surface area contributed by atoms with Crippen LogP contribution in [0.15, 0.2) is 42.5 Å². The minimum Gasteiger partial charge on any atom is -0.486 e. The normalized spacial score (nSPS) is 16.9. The molecule has 0 fully saturated rings. The fourth-order valence-corrected chi connectivity index (χ4v) is 2.90. The van der Waals surface area contributed by atoms with Crippen LogP contribution in [-0.2, 0) is 6.54 Å². The SMILES string of the molecule is CN(C[C@H]1COc2ccccc2O1)C(=O)NCc1ccc2c(c1)OCO2. The smallest absolute Gasteiger partial charge is 0.317 e. The molecule has 2 aromatic rings. The molecule has 0 saturated carbocycles. The number of amides is 2. The average molecular weight is 356 g/mol. The van der Waals surface area contributed by atoms with E-state index in [0.717, 1.165) is 17.1 Å². The van der Waals surface area contributed by atoms with Gasteiger partial charge >= 0.3 is 6.03 Å². The molecular weight excluding hydrogens is 336 g/mol. The Hall–Kier alpha value is -3.09. The number of hydrogen-bond acceptors (Lipinski definition) is 5. The lowest BCUT2D eigenvalue weighted by molar-refractivity contribution is 0.0715. The number of para-hydroxylation sites is 2. The molecule has 0 aliphatic carbocycles. The molecule has 136 valence electrons. The largest absolute Gasteiger partial charge is 0.486 e. The van der Waals surface area contributed by atoms with Gasteiger partial charge in [0.05, 0.1) is 6.54 Å². The number of nitrogens with zero attached hydrogens (tertiary/aromatic N) is 1. The van der Waals surface area contributed by atoms with Crippen molar-refractivity contribution in [3.8, 4) is 23.0 Å². The molecule has 0 saturated heterocycles. The first-order valence-electron chi connectivity index (χ1n) is 8.45. The van der Waals surface area contributed by atoms with Crippen molar-refractivity contribution in [3.63, 3.8) is 0 Å². The maximum absolute atomic E-state index is 12.3. The van der Waals surface area contributed by atoms with Gasteiger partial charge in [-0.2, -0.15) is 0 Å². The molecule has 2 amide bonds. The second-order valence-corrected chi connectivity index (χ2v) is 6.22. The highest BCUT2D eigenvalue weighted by molar-refractivity contribution is 5.73. The zero-order valence-electron chi connectivity index (χ0n) is 14.4. The van der Waals surface area contributed by atoms with Crippen LogP contribution in [0.2, 0.25) is 0 Å². The van der Waals surface area contributed by atoms with E-state index >= 15 is 0 Å². The van der Waals surface area contributed by atoms with Crippen molar-refractivity contribution in [2.45, 2.75) is 12.6 Å². The van der Waals surface area contributed by atoms with Gasteiger partial charge in [-0.05, 0) is 29.8 Å². The number of fused-ring (bicyclic) bond motifs is 2. The molecular formula is C19H20N2O5. The van der Waals surface area contributed by atoms with Crippen LogP contribution in [0.3, 0.4) is 0 Å². The summed E-state index contributed by atoms with van der Waals surface area (Å²) in [4.78, 5) is 13.9. The van der Waals surface area contributed by atoms with E-state index in [4.69, 9.17) is 18.9 Å². The fraction of sp³-hybridized carbons (Fsp3) is 0.316. The standard InChI is InChI=1S/C19H20N2O5/c1-21(10-14-11-23-15-4-2-3-5-17(15)26-14)19(22)20-9-13-6-7-16-18(8-13)25-12-24-16/h2-8,14H,9-12H2,1H3,(H,20,22)/t14-/m0/s1. The van der Waals surface area contributed by atoms with E-state index in [1.165, 1.54) is 0 Å². The molecule has 4 rings (SSSR count). The summed E-state index contributed by atoms with van der Waals surface area (Å²) in [5.74, 6) is 2.88. The second-order valence-electron chi connectivity index (χ2n) is 6.22. The third-order valence-corrected chi connectivity index (χ3v) is 4.27. The lowest BCUT2D eigenvalue weighted by Crippen LogP contribution is -2.45. The number of hydrogen-bond donors (Lipinski definition) is 1. The van der Waals surface area contributed by atoms with Crippen molar-refractivity contribution in [1.29, 1.82) is 0 Å². The molecule has 0 aromatic heterocycles. The van der Waals surface area contributed by atoms with Crippen molar-refractivity contribution in [2.75, 3.05) is 27.0 Å². The number of carbonyl (C=O) groups is 1. The number of carbonyl (C=O) groups excluding carboxylic acids is 1. The summed E-state index contributed by atoms with van der Waals surface area (Å²) in [6, 6.07) is 13.0.